The van der Waals surface area contributed by atoms with Crippen molar-refractivity contribution in [2.24, 2.45) is 0 Å². The van der Waals surface area contributed by atoms with Crippen molar-refractivity contribution in [1.82, 2.24) is 0 Å². The van der Waals surface area contributed by atoms with Gasteiger partial charge in [-0.25, -0.2) is 9.80 Å². The number of carbonyl (C=O) groups excluding carboxylic acids is 4. The van der Waals surface area contributed by atoms with Gasteiger partial charge in [-0.2, -0.15) is 8.42 Å². The van der Waals surface area contributed by atoms with Crippen LogP contribution in [-0.4, -0.2) is 36.6 Å². The number of hydrogen-bond donors (Lipinski definition) is 1. The van der Waals surface area contributed by atoms with Gasteiger partial charge in [0.15, 0.2) is 0 Å². The molecule has 0 unspecified atom stereocenters. The van der Waals surface area contributed by atoms with E-state index in [4.69, 9.17) is 9.47 Å². The van der Waals surface area contributed by atoms with E-state index < -0.39 is 33.7 Å². The fourth-order valence-electron chi connectivity index (χ4n) is 11.0. The van der Waals surface area contributed by atoms with Crippen molar-refractivity contribution in [2.75, 3.05) is 9.80 Å². The van der Waals surface area contributed by atoms with Gasteiger partial charge in [0, 0.05) is 43.4 Å². The lowest BCUT2D eigenvalue weighted by molar-refractivity contribution is 0.0877. The minimum atomic E-state index is -4.54. The predicted octanol–water partition coefficient (Wildman–Crippen LogP) is 14.3. The molecule has 360 valence electrons. The first kappa shape index (κ1) is 46.5. The summed E-state index contributed by atoms with van der Waals surface area (Å²) in [5, 5.41) is 4.02. The number of anilines is 2. The normalized spacial score (nSPS) is 13.8. The number of rotatable bonds is 13. The van der Waals surface area contributed by atoms with Crippen LogP contribution in [0.3, 0.4) is 0 Å². The molecule has 11 nitrogen and oxygen atoms in total. The molecule has 2 aliphatic heterocycles. The van der Waals surface area contributed by atoms with Crippen molar-refractivity contribution in [3.8, 4) is 23.0 Å². The lowest BCUT2D eigenvalue weighted by Gasteiger charge is -2.34. The monoisotopic (exact) mass is 974 g/mol. The second kappa shape index (κ2) is 17.4. The molecule has 0 bridgehead atoms. The van der Waals surface area contributed by atoms with Crippen molar-refractivity contribution in [1.29, 1.82) is 0 Å². The number of aryl methyl sites for hydroxylation is 2. The topological polar surface area (TPSA) is 148 Å². The Hall–Kier alpha value is -7.93. The lowest BCUT2D eigenvalue weighted by Crippen LogP contribution is -2.42. The van der Waals surface area contributed by atoms with Crippen LogP contribution in [0, 0.1) is 0 Å². The Morgan fingerprint density at radius 1 is 0.472 bits per heavy atom. The Morgan fingerprint density at radius 2 is 0.889 bits per heavy atom. The van der Waals surface area contributed by atoms with E-state index in [1.54, 1.807) is 24.3 Å². The van der Waals surface area contributed by atoms with Gasteiger partial charge < -0.3 is 9.47 Å². The molecule has 72 heavy (non-hydrogen) atoms. The van der Waals surface area contributed by atoms with Crippen molar-refractivity contribution in [3.63, 3.8) is 0 Å². The van der Waals surface area contributed by atoms with E-state index in [2.05, 4.69) is 13.8 Å². The van der Waals surface area contributed by atoms with E-state index in [0.29, 0.717) is 89.9 Å². The Balaban J connectivity index is 1.26. The van der Waals surface area contributed by atoms with E-state index in [-0.39, 0.29) is 39.4 Å². The first-order chi connectivity index (χ1) is 34.6. The SMILES string of the molecule is CCCc1cccc(C(C)C)c1N1C(=O)c2ccc3c4c(Oc5ccc(S(=O)(=O)O)cc5)cc5c6c(ccc(c7c(Oc8ccccc8)cc(c2c37)C1=O)c64)C(=O)N(c1c(CCC)cccc1C(C)C)C5=O. The molecule has 11 rings (SSSR count). The molecule has 2 aliphatic rings. The zero-order chi connectivity index (χ0) is 50.5. The number of amides is 4. The van der Waals surface area contributed by atoms with E-state index in [1.165, 1.54) is 34.1 Å². The first-order valence-electron chi connectivity index (χ1n) is 24.4. The van der Waals surface area contributed by atoms with Gasteiger partial charge in [0.2, 0.25) is 0 Å². The first-order valence-corrected chi connectivity index (χ1v) is 25.8. The summed E-state index contributed by atoms with van der Waals surface area (Å²) < 4.78 is 47.7. The van der Waals surface area contributed by atoms with Gasteiger partial charge in [-0.1, -0.05) is 121 Å². The van der Waals surface area contributed by atoms with Gasteiger partial charge in [0.25, 0.3) is 33.7 Å². The van der Waals surface area contributed by atoms with Crippen LogP contribution in [0.15, 0.2) is 132 Å². The minimum absolute atomic E-state index is 0.0124. The minimum Gasteiger partial charge on any atom is -0.457 e. The quantitative estimate of drug-likeness (QED) is 0.0516. The molecule has 4 amide bonds. The van der Waals surface area contributed by atoms with Gasteiger partial charge in [0.1, 0.15) is 23.0 Å². The van der Waals surface area contributed by atoms with Gasteiger partial charge >= 0.3 is 0 Å². The van der Waals surface area contributed by atoms with Crippen LogP contribution in [-0.2, 0) is 23.0 Å². The van der Waals surface area contributed by atoms with Crippen molar-refractivity contribution >= 4 is 88.2 Å². The van der Waals surface area contributed by atoms with Crippen LogP contribution >= 0.6 is 0 Å². The molecular formula is C60H50N2O9S. The average Bonchev–Trinajstić information content (AvgIpc) is 3.36. The maximum absolute atomic E-state index is 15.5. The largest absolute Gasteiger partial charge is 0.457 e. The zero-order valence-electron chi connectivity index (χ0n) is 40.6. The third-order valence-electron chi connectivity index (χ3n) is 14.1. The predicted molar refractivity (Wildman–Crippen MR) is 282 cm³/mol. The zero-order valence-corrected chi connectivity index (χ0v) is 41.4. The number of hydrogen-bond acceptors (Lipinski definition) is 8. The van der Waals surface area contributed by atoms with Gasteiger partial charge in [0.05, 0.1) is 27.4 Å². The molecule has 0 radical (unpaired) electrons. The van der Waals surface area contributed by atoms with Gasteiger partial charge in [-0.15, -0.1) is 0 Å². The van der Waals surface area contributed by atoms with Gasteiger partial charge in [-0.05, 0) is 118 Å². The number of ether oxygens (including phenoxy) is 2. The van der Waals surface area contributed by atoms with Crippen LogP contribution < -0.4 is 19.3 Å². The number of benzene rings is 9. The van der Waals surface area contributed by atoms with Crippen LogP contribution in [0.4, 0.5) is 11.4 Å². The fourth-order valence-corrected chi connectivity index (χ4v) is 11.5. The highest BCUT2D eigenvalue weighted by Gasteiger charge is 2.42. The standard InChI is InChI=1S/C60H50N2O9S/c1-7-14-34-16-12-20-39(32(3)4)55(34)61-57(63)43-29-27-42-52-48(71-37-22-24-38(25-23-37)72(67,68)69)31-46-50-44(58(64)62(60(46)66)56-35(15-8-2)17-13-21-40(56)33(5)6)28-26-41(54(50)52)51-47(70-36-18-10-9-11-19-36)30-45(59(61)65)49(43)53(42)51/h9-13,16-33H,7-8,14-15H2,1-6H3,(H,67,68,69). The molecule has 0 saturated carbocycles. The molecule has 12 heteroatoms. The molecule has 9 aromatic carbocycles. The molecule has 0 aliphatic carbocycles. The van der Waals surface area contributed by atoms with Crippen molar-refractivity contribution in [3.05, 3.63) is 172 Å². The summed E-state index contributed by atoms with van der Waals surface area (Å²) >= 11 is 0. The van der Waals surface area contributed by atoms with E-state index in [1.807, 2.05) is 107 Å². The second-order valence-electron chi connectivity index (χ2n) is 19.3. The summed E-state index contributed by atoms with van der Waals surface area (Å²) in [4.78, 5) is 63.9. The van der Waals surface area contributed by atoms with E-state index in [9.17, 15) is 13.0 Å². The molecule has 0 spiro atoms. The third-order valence-corrected chi connectivity index (χ3v) is 15.0. The molecule has 0 aromatic heterocycles. The number of carbonyl (C=O) groups is 4. The maximum Gasteiger partial charge on any atom is 0.294 e. The molecule has 0 atom stereocenters. The van der Waals surface area contributed by atoms with Crippen LogP contribution in [0.25, 0.3) is 43.1 Å². The smallest absolute Gasteiger partial charge is 0.294 e. The van der Waals surface area contributed by atoms with Gasteiger partial charge in [-0.3, -0.25) is 23.7 Å². The Morgan fingerprint density at radius 3 is 1.29 bits per heavy atom. The average molecular weight is 975 g/mol. The molecular weight excluding hydrogens is 925 g/mol. The highest BCUT2D eigenvalue weighted by molar-refractivity contribution is 7.85. The fraction of sp³-hybridized carbons (Fsp3) is 0.200. The van der Waals surface area contributed by atoms with E-state index in [0.717, 1.165) is 35.1 Å². The summed E-state index contributed by atoms with van der Waals surface area (Å²) in [7, 11) is -4.54. The summed E-state index contributed by atoms with van der Waals surface area (Å²) in [6.45, 7) is 12.3. The summed E-state index contributed by atoms with van der Waals surface area (Å²) in [5.74, 6) is -0.886. The number of fused-ring (bicyclic) bond motifs is 2. The molecule has 2 heterocycles. The molecule has 9 aromatic rings. The lowest BCUT2D eigenvalue weighted by atomic mass is 9.81. The maximum atomic E-state index is 15.5. The molecule has 0 saturated heterocycles. The van der Waals surface area contributed by atoms with Crippen LogP contribution in [0.1, 0.15) is 130 Å². The van der Waals surface area contributed by atoms with E-state index >= 15 is 19.2 Å². The Kier molecular flexibility index (Phi) is 11.2. The Bertz CT molecular complexity index is 3900. The summed E-state index contributed by atoms with van der Waals surface area (Å²) in [6.07, 6.45) is 2.85. The molecule has 1 N–H and O–H groups in total. The number of nitrogens with zero attached hydrogens (tertiary/aromatic N) is 2. The summed E-state index contributed by atoms with van der Waals surface area (Å²) in [5.41, 5.74) is 5.65. The third kappa shape index (κ3) is 7.14. The number of imide groups is 2. The number of para-hydroxylation sites is 3. The van der Waals surface area contributed by atoms with Crippen molar-refractivity contribution < 1.29 is 41.6 Å². The van der Waals surface area contributed by atoms with Crippen LogP contribution in [0.2, 0.25) is 0 Å². The Labute approximate surface area is 416 Å². The highest BCUT2D eigenvalue weighted by atomic mass is 32.2. The molecule has 0 fully saturated rings. The van der Waals surface area contributed by atoms with Crippen LogP contribution in [0.5, 0.6) is 23.0 Å². The second-order valence-corrected chi connectivity index (χ2v) is 20.7. The summed E-state index contributed by atoms with van der Waals surface area (Å²) in [6, 6.07) is 36.6. The highest BCUT2D eigenvalue weighted by Crippen LogP contribution is 2.54. The van der Waals surface area contributed by atoms with Crippen molar-refractivity contribution in [2.45, 2.75) is 84.0 Å².